The third kappa shape index (κ3) is 5.84. The van der Waals surface area contributed by atoms with E-state index < -0.39 is 15.8 Å². The number of halogens is 1. The number of anilines is 1. The van der Waals surface area contributed by atoms with Crippen LogP contribution >= 0.6 is 0 Å². The van der Waals surface area contributed by atoms with Gasteiger partial charge in [-0.1, -0.05) is 29.8 Å². The minimum atomic E-state index is -3.74. The second-order valence-electron chi connectivity index (χ2n) is 7.62. The molecule has 0 aliphatic heterocycles. The van der Waals surface area contributed by atoms with E-state index in [2.05, 4.69) is 14.8 Å². The van der Waals surface area contributed by atoms with Crippen molar-refractivity contribution in [2.24, 2.45) is 0 Å². The van der Waals surface area contributed by atoms with Crippen LogP contribution in [0, 0.1) is 12.7 Å². The SMILES string of the molecule is CCOCCOc1nc(-c2ccccc2F)n(-c2ccc(NS(=O)(=O)c3ccc(C)cc3)cc2)n1. The first kappa shape index (κ1) is 24.4. The van der Waals surface area contributed by atoms with Crippen LogP contribution in [0.3, 0.4) is 0 Å². The van der Waals surface area contributed by atoms with Gasteiger partial charge in [-0.25, -0.2) is 17.5 Å². The van der Waals surface area contributed by atoms with Crippen LogP contribution in [0.15, 0.2) is 77.7 Å². The Morgan fingerprint density at radius 3 is 2.37 bits per heavy atom. The number of ether oxygens (including phenoxy) is 2. The maximum atomic E-state index is 14.6. The molecule has 0 fully saturated rings. The molecule has 182 valence electrons. The van der Waals surface area contributed by atoms with Crippen molar-refractivity contribution in [3.63, 3.8) is 0 Å². The monoisotopic (exact) mass is 496 g/mol. The van der Waals surface area contributed by atoms with Gasteiger partial charge in [0.25, 0.3) is 10.0 Å². The Morgan fingerprint density at radius 1 is 0.971 bits per heavy atom. The van der Waals surface area contributed by atoms with Gasteiger partial charge in [0.2, 0.25) is 0 Å². The number of nitrogens with one attached hydrogen (secondary N) is 1. The Bertz CT molecular complexity index is 1390. The van der Waals surface area contributed by atoms with Gasteiger partial charge in [-0.3, -0.25) is 4.72 Å². The topological polar surface area (TPSA) is 95.3 Å². The largest absolute Gasteiger partial charge is 0.460 e. The quantitative estimate of drug-likeness (QED) is 0.323. The van der Waals surface area contributed by atoms with E-state index in [0.717, 1.165) is 5.56 Å². The lowest BCUT2D eigenvalue weighted by atomic mass is 10.2. The summed E-state index contributed by atoms with van der Waals surface area (Å²) in [4.78, 5) is 4.53. The van der Waals surface area contributed by atoms with Crippen molar-refractivity contribution in [1.29, 1.82) is 0 Å². The number of hydrogen-bond donors (Lipinski definition) is 1. The van der Waals surface area contributed by atoms with Crippen LogP contribution in [0.1, 0.15) is 12.5 Å². The number of nitrogens with zero attached hydrogens (tertiary/aromatic N) is 3. The van der Waals surface area contributed by atoms with E-state index in [1.165, 1.54) is 10.7 Å². The van der Waals surface area contributed by atoms with Gasteiger partial charge >= 0.3 is 6.01 Å². The summed E-state index contributed by atoms with van der Waals surface area (Å²) in [5.41, 5.74) is 2.14. The smallest absolute Gasteiger partial charge is 0.336 e. The zero-order chi connectivity index (χ0) is 24.8. The molecule has 0 bridgehead atoms. The second-order valence-corrected chi connectivity index (χ2v) is 9.30. The van der Waals surface area contributed by atoms with Crippen LogP contribution in [0.25, 0.3) is 17.1 Å². The Labute approximate surface area is 203 Å². The van der Waals surface area contributed by atoms with E-state index in [0.29, 0.717) is 24.6 Å². The van der Waals surface area contributed by atoms with Crippen molar-refractivity contribution in [2.45, 2.75) is 18.7 Å². The molecule has 0 saturated carbocycles. The summed E-state index contributed by atoms with van der Waals surface area (Å²) >= 11 is 0. The average Bonchev–Trinajstić information content (AvgIpc) is 3.26. The molecule has 1 aromatic heterocycles. The predicted octanol–water partition coefficient (Wildman–Crippen LogP) is 4.60. The van der Waals surface area contributed by atoms with Gasteiger partial charge in [-0.05, 0) is 62.4 Å². The Hall–Kier alpha value is -3.76. The van der Waals surface area contributed by atoms with Crippen LogP contribution < -0.4 is 9.46 Å². The van der Waals surface area contributed by atoms with E-state index in [9.17, 15) is 12.8 Å². The van der Waals surface area contributed by atoms with Gasteiger partial charge in [0, 0.05) is 12.3 Å². The van der Waals surface area contributed by atoms with E-state index in [1.54, 1.807) is 66.7 Å². The zero-order valence-corrected chi connectivity index (χ0v) is 20.1. The standard InChI is InChI=1S/C25H25FN4O4S/c1-3-33-16-17-34-25-27-24(22-6-4-5-7-23(22)26)30(28-25)20-12-10-19(11-13-20)29-35(31,32)21-14-8-18(2)9-15-21/h4-15,29H,3,16-17H2,1-2H3. The molecule has 4 rings (SSSR count). The van der Waals surface area contributed by atoms with Crippen molar-refractivity contribution in [3.8, 4) is 23.1 Å². The molecule has 0 amide bonds. The van der Waals surface area contributed by atoms with Gasteiger partial charge in [-0.2, -0.15) is 4.98 Å². The summed E-state index contributed by atoms with van der Waals surface area (Å²) in [5.74, 6) is -0.202. The fraction of sp³-hybridized carbons (Fsp3) is 0.200. The van der Waals surface area contributed by atoms with E-state index in [4.69, 9.17) is 9.47 Å². The molecule has 4 aromatic rings. The molecule has 1 heterocycles. The summed E-state index contributed by atoms with van der Waals surface area (Å²) in [6.45, 7) is 4.95. The van der Waals surface area contributed by atoms with Gasteiger partial charge in [0.05, 0.1) is 22.8 Å². The number of aromatic nitrogens is 3. The molecular formula is C25H25FN4O4S. The van der Waals surface area contributed by atoms with Gasteiger partial charge in [0.15, 0.2) is 5.82 Å². The first-order valence-electron chi connectivity index (χ1n) is 11.0. The summed E-state index contributed by atoms with van der Waals surface area (Å²) in [6, 6.07) is 19.4. The molecule has 3 aromatic carbocycles. The molecule has 0 radical (unpaired) electrons. The molecular weight excluding hydrogens is 471 g/mol. The Kier molecular flexibility index (Phi) is 7.42. The molecule has 8 nitrogen and oxygen atoms in total. The molecule has 10 heteroatoms. The third-order valence-corrected chi connectivity index (χ3v) is 6.46. The van der Waals surface area contributed by atoms with Gasteiger partial charge < -0.3 is 9.47 Å². The molecule has 0 spiro atoms. The number of benzene rings is 3. The highest BCUT2D eigenvalue weighted by Crippen LogP contribution is 2.27. The molecule has 35 heavy (non-hydrogen) atoms. The third-order valence-electron chi connectivity index (χ3n) is 5.06. The Balaban J connectivity index is 1.61. The van der Waals surface area contributed by atoms with Crippen molar-refractivity contribution in [2.75, 3.05) is 24.5 Å². The van der Waals surface area contributed by atoms with Crippen molar-refractivity contribution in [3.05, 3.63) is 84.2 Å². The number of hydrogen-bond acceptors (Lipinski definition) is 6. The van der Waals surface area contributed by atoms with Crippen molar-refractivity contribution < 1.29 is 22.3 Å². The van der Waals surface area contributed by atoms with Crippen LogP contribution in [0.2, 0.25) is 0 Å². The highest BCUT2D eigenvalue weighted by molar-refractivity contribution is 7.92. The molecule has 0 aliphatic rings. The average molecular weight is 497 g/mol. The lowest BCUT2D eigenvalue weighted by Crippen LogP contribution is -2.13. The van der Waals surface area contributed by atoms with Crippen molar-refractivity contribution in [1.82, 2.24) is 14.8 Å². The van der Waals surface area contributed by atoms with Gasteiger partial charge in [-0.15, -0.1) is 5.10 Å². The molecule has 0 saturated heterocycles. The summed E-state index contributed by atoms with van der Waals surface area (Å²) in [6.07, 6.45) is 0. The van der Waals surface area contributed by atoms with E-state index in [1.807, 2.05) is 13.8 Å². The van der Waals surface area contributed by atoms with Crippen molar-refractivity contribution >= 4 is 15.7 Å². The highest BCUT2D eigenvalue weighted by Gasteiger charge is 2.18. The summed E-state index contributed by atoms with van der Waals surface area (Å²) in [7, 11) is -3.74. The van der Waals surface area contributed by atoms with Gasteiger partial charge in [0.1, 0.15) is 12.4 Å². The number of sulfonamides is 1. The highest BCUT2D eigenvalue weighted by atomic mass is 32.2. The predicted molar refractivity (Wildman–Crippen MR) is 131 cm³/mol. The fourth-order valence-electron chi connectivity index (χ4n) is 3.29. The minimum Gasteiger partial charge on any atom is -0.460 e. The Morgan fingerprint density at radius 2 is 1.69 bits per heavy atom. The molecule has 0 atom stereocenters. The number of rotatable bonds is 10. The van der Waals surface area contributed by atoms with Crippen LogP contribution in [0.4, 0.5) is 10.1 Å². The molecule has 0 unspecified atom stereocenters. The lowest BCUT2D eigenvalue weighted by Gasteiger charge is -2.10. The maximum Gasteiger partial charge on any atom is 0.336 e. The normalized spacial score (nSPS) is 11.4. The summed E-state index contributed by atoms with van der Waals surface area (Å²) < 4.78 is 54.8. The second kappa shape index (κ2) is 10.7. The summed E-state index contributed by atoms with van der Waals surface area (Å²) in [5, 5.41) is 4.38. The maximum absolute atomic E-state index is 14.6. The first-order valence-corrected chi connectivity index (χ1v) is 12.5. The van der Waals surface area contributed by atoms with Crippen LogP contribution in [-0.2, 0) is 14.8 Å². The number of aryl methyl sites for hydroxylation is 1. The van der Waals surface area contributed by atoms with Crippen LogP contribution in [-0.4, -0.2) is 43.0 Å². The molecule has 0 aliphatic carbocycles. The first-order chi connectivity index (χ1) is 16.9. The molecule has 1 N–H and O–H groups in total. The minimum absolute atomic E-state index is 0.0760. The van der Waals surface area contributed by atoms with E-state index >= 15 is 0 Å². The van der Waals surface area contributed by atoms with E-state index in [-0.39, 0.29) is 28.9 Å². The zero-order valence-electron chi connectivity index (χ0n) is 19.3. The fourth-order valence-corrected chi connectivity index (χ4v) is 4.35. The lowest BCUT2D eigenvalue weighted by molar-refractivity contribution is 0.106. The van der Waals surface area contributed by atoms with Crippen LogP contribution in [0.5, 0.6) is 6.01 Å².